The summed E-state index contributed by atoms with van der Waals surface area (Å²) in [5.41, 5.74) is 15.6. The van der Waals surface area contributed by atoms with Gasteiger partial charge in [-0.1, -0.05) is 100 Å². The second-order valence-electron chi connectivity index (χ2n) is 15.2. The second kappa shape index (κ2) is 10.1. The number of hydrogen-bond donors (Lipinski definition) is 0. The molecular formula is C47H35N3O2. The number of pyridine rings is 1. The number of para-hydroxylation sites is 4. The highest BCUT2D eigenvalue weighted by molar-refractivity contribution is 6.21. The van der Waals surface area contributed by atoms with E-state index in [2.05, 4.69) is 171 Å². The lowest BCUT2D eigenvalue weighted by atomic mass is 9.73. The molecule has 0 amide bonds. The van der Waals surface area contributed by atoms with Crippen molar-refractivity contribution < 1.29 is 8.83 Å². The van der Waals surface area contributed by atoms with Gasteiger partial charge in [-0.3, -0.25) is 0 Å². The molecule has 9 aromatic rings. The van der Waals surface area contributed by atoms with Crippen molar-refractivity contribution >= 4 is 78.1 Å². The molecule has 0 saturated heterocycles. The molecule has 0 fully saturated rings. The van der Waals surface area contributed by atoms with Crippen molar-refractivity contribution in [1.82, 2.24) is 4.98 Å². The van der Waals surface area contributed by atoms with E-state index in [9.17, 15) is 0 Å². The van der Waals surface area contributed by atoms with Crippen LogP contribution in [0, 0.1) is 0 Å². The molecule has 6 aromatic carbocycles. The summed E-state index contributed by atoms with van der Waals surface area (Å²) in [4.78, 5) is 9.62. The molecule has 0 atom stereocenters. The molecule has 0 bridgehead atoms. The summed E-state index contributed by atoms with van der Waals surface area (Å²) in [5.74, 6) is 0. The molecule has 52 heavy (non-hydrogen) atoms. The molecule has 5 heteroatoms. The highest BCUT2D eigenvalue weighted by atomic mass is 16.3. The van der Waals surface area contributed by atoms with Crippen LogP contribution >= 0.6 is 0 Å². The van der Waals surface area contributed by atoms with Gasteiger partial charge in [-0.05, 0) is 70.8 Å². The van der Waals surface area contributed by atoms with Crippen LogP contribution in [0.5, 0.6) is 0 Å². The SMILES string of the molecule is CC1(C)c2ccccc2N(c2ccc3c(c2)oc2c3ncc3oc4cc(N5c6ccccc6C(C)(C)c6ccccc65)ccc4c32)c2ccccc21. The van der Waals surface area contributed by atoms with Gasteiger partial charge in [0, 0.05) is 45.1 Å². The Morgan fingerprint density at radius 2 is 0.885 bits per heavy atom. The summed E-state index contributed by atoms with van der Waals surface area (Å²) in [7, 11) is 0. The number of aromatic nitrogens is 1. The zero-order chi connectivity index (χ0) is 34.9. The lowest BCUT2D eigenvalue weighted by Gasteiger charge is -2.41. The van der Waals surface area contributed by atoms with Crippen LogP contribution in [0.4, 0.5) is 34.1 Å². The lowest BCUT2D eigenvalue weighted by molar-refractivity contribution is 0.631. The van der Waals surface area contributed by atoms with Gasteiger partial charge in [-0.15, -0.1) is 0 Å². The minimum Gasteiger partial charge on any atom is -0.454 e. The van der Waals surface area contributed by atoms with Gasteiger partial charge in [0.25, 0.3) is 0 Å². The topological polar surface area (TPSA) is 45.7 Å². The van der Waals surface area contributed by atoms with E-state index in [-0.39, 0.29) is 10.8 Å². The van der Waals surface area contributed by atoms with Crippen LogP contribution in [0.25, 0.3) is 44.0 Å². The van der Waals surface area contributed by atoms with E-state index in [1.807, 2.05) is 6.20 Å². The third kappa shape index (κ3) is 3.80. The van der Waals surface area contributed by atoms with Gasteiger partial charge >= 0.3 is 0 Å². The van der Waals surface area contributed by atoms with E-state index in [0.717, 1.165) is 49.8 Å². The van der Waals surface area contributed by atoms with E-state index < -0.39 is 0 Å². The van der Waals surface area contributed by atoms with Crippen LogP contribution in [0.1, 0.15) is 49.9 Å². The minimum atomic E-state index is -0.123. The molecule has 5 nitrogen and oxygen atoms in total. The maximum atomic E-state index is 6.78. The Morgan fingerprint density at radius 1 is 0.462 bits per heavy atom. The number of anilines is 6. The van der Waals surface area contributed by atoms with Crippen molar-refractivity contribution in [2.75, 3.05) is 9.80 Å². The van der Waals surface area contributed by atoms with Crippen molar-refractivity contribution in [1.29, 1.82) is 0 Å². The molecule has 0 spiro atoms. The quantitative estimate of drug-likeness (QED) is 0.183. The Hall–Kier alpha value is -6.33. The minimum absolute atomic E-state index is 0.122. The van der Waals surface area contributed by atoms with Crippen molar-refractivity contribution in [3.63, 3.8) is 0 Å². The van der Waals surface area contributed by atoms with E-state index in [0.29, 0.717) is 5.58 Å². The number of hydrogen-bond acceptors (Lipinski definition) is 5. The monoisotopic (exact) mass is 673 g/mol. The van der Waals surface area contributed by atoms with Gasteiger partial charge < -0.3 is 18.6 Å². The summed E-state index contributed by atoms with van der Waals surface area (Å²) in [5, 5.41) is 2.93. The van der Waals surface area contributed by atoms with E-state index in [1.165, 1.54) is 45.0 Å². The first kappa shape index (κ1) is 29.4. The summed E-state index contributed by atoms with van der Waals surface area (Å²) >= 11 is 0. The standard InChI is InChI=1S/C47H35N3O2/c1-46(2)32-13-5-9-17-36(32)49(37-18-10-6-14-33(37)46)28-21-23-30-40(25-28)51-42-27-48-44-31-24-22-29(26-41(31)52-45(44)43(30)42)50-38-19-11-7-15-34(38)47(3,4)35-16-8-12-20-39(35)50/h5-27H,1-4H3. The van der Waals surface area contributed by atoms with Crippen LogP contribution < -0.4 is 9.80 Å². The fourth-order valence-electron chi connectivity index (χ4n) is 9.09. The Bertz CT molecular complexity index is 2850. The molecule has 2 aliphatic heterocycles. The first-order valence-corrected chi connectivity index (χ1v) is 18.0. The molecule has 0 N–H and O–H groups in total. The molecule has 5 heterocycles. The molecule has 2 aliphatic rings. The van der Waals surface area contributed by atoms with E-state index in [1.54, 1.807) is 0 Å². The summed E-state index contributed by atoms with van der Waals surface area (Å²) in [6.07, 6.45) is 1.84. The van der Waals surface area contributed by atoms with Gasteiger partial charge in [0.15, 0.2) is 11.2 Å². The fourth-order valence-corrected chi connectivity index (χ4v) is 9.09. The maximum Gasteiger partial charge on any atom is 0.165 e. The first-order chi connectivity index (χ1) is 25.3. The molecule has 3 aromatic heterocycles. The molecule has 0 aliphatic carbocycles. The fraction of sp³-hybridized carbons (Fsp3) is 0.128. The van der Waals surface area contributed by atoms with Crippen LogP contribution in [-0.2, 0) is 10.8 Å². The van der Waals surface area contributed by atoms with Crippen LogP contribution in [0.3, 0.4) is 0 Å². The third-order valence-electron chi connectivity index (χ3n) is 11.7. The molecule has 0 saturated carbocycles. The number of fused-ring (bicyclic) bond motifs is 11. The second-order valence-corrected chi connectivity index (χ2v) is 15.2. The lowest BCUT2D eigenvalue weighted by Crippen LogP contribution is -2.30. The van der Waals surface area contributed by atoms with Crippen LogP contribution in [-0.4, -0.2) is 4.98 Å². The number of rotatable bonds is 2. The molecular weight excluding hydrogens is 639 g/mol. The Kier molecular flexibility index (Phi) is 5.73. The first-order valence-electron chi connectivity index (χ1n) is 18.0. The zero-order valence-corrected chi connectivity index (χ0v) is 29.4. The Morgan fingerprint density at radius 3 is 1.37 bits per heavy atom. The van der Waals surface area contributed by atoms with Crippen molar-refractivity contribution in [2.24, 2.45) is 0 Å². The van der Waals surface area contributed by atoms with Crippen molar-refractivity contribution in [3.8, 4) is 0 Å². The summed E-state index contributed by atoms with van der Waals surface area (Å²) in [6, 6.07) is 47.9. The van der Waals surface area contributed by atoms with Crippen molar-refractivity contribution in [3.05, 3.63) is 162 Å². The molecule has 0 unspecified atom stereocenters. The predicted molar refractivity (Wildman–Crippen MR) is 212 cm³/mol. The largest absolute Gasteiger partial charge is 0.454 e. The van der Waals surface area contributed by atoms with Gasteiger partial charge in [-0.2, -0.15) is 0 Å². The highest BCUT2D eigenvalue weighted by Crippen LogP contribution is 2.54. The average Bonchev–Trinajstić information content (AvgIpc) is 3.73. The molecule has 250 valence electrons. The van der Waals surface area contributed by atoms with Gasteiger partial charge in [0.2, 0.25) is 0 Å². The Balaban J connectivity index is 1.07. The summed E-state index contributed by atoms with van der Waals surface area (Å²) < 4.78 is 13.3. The van der Waals surface area contributed by atoms with Gasteiger partial charge in [-0.25, -0.2) is 4.98 Å². The predicted octanol–water partition coefficient (Wildman–Crippen LogP) is 13.1. The van der Waals surface area contributed by atoms with Gasteiger partial charge in [0.1, 0.15) is 16.7 Å². The van der Waals surface area contributed by atoms with Crippen LogP contribution in [0.2, 0.25) is 0 Å². The highest BCUT2D eigenvalue weighted by Gasteiger charge is 2.38. The van der Waals surface area contributed by atoms with Crippen molar-refractivity contribution in [2.45, 2.75) is 38.5 Å². The van der Waals surface area contributed by atoms with Gasteiger partial charge in [0.05, 0.1) is 34.3 Å². The number of benzene rings is 6. The summed E-state index contributed by atoms with van der Waals surface area (Å²) in [6.45, 7) is 9.24. The smallest absolute Gasteiger partial charge is 0.165 e. The van der Waals surface area contributed by atoms with E-state index in [4.69, 9.17) is 13.8 Å². The normalized spacial score (nSPS) is 15.5. The van der Waals surface area contributed by atoms with E-state index >= 15 is 0 Å². The third-order valence-corrected chi connectivity index (χ3v) is 11.7. The molecule has 0 radical (unpaired) electrons. The Labute approximate surface area is 301 Å². The zero-order valence-electron chi connectivity index (χ0n) is 29.4. The number of nitrogens with zero attached hydrogens (tertiary/aromatic N) is 3. The molecule has 11 rings (SSSR count). The average molecular weight is 674 g/mol. The number of furan rings is 2. The maximum absolute atomic E-state index is 6.78. The van der Waals surface area contributed by atoms with Crippen LogP contribution in [0.15, 0.2) is 148 Å².